The Balaban J connectivity index is 1.69. The van der Waals surface area contributed by atoms with E-state index in [2.05, 4.69) is 5.32 Å². The first-order chi connectivity index (χ1) is 11.0. The highest BCUT2D eigenvalue weighted by Crippen LogP contribution is 2.44. The number of hydrogen-bond acceptors (Lipinski definition) is 4. The first kappa shape index (κ1) is 14.8. The molecule has 0 saturated carbocycles. The summed E-state index contributed by atoms with van der Waals surface area (Å²) in [6.07, 6.45) is 5.21. The fourth-order valence-electron chi connectivity index (χ4n) is 4.66. The van der Waals surface area contributed by atoms with Gasteiger partial charge >= 0.3 is 6.03 Å². The van der Waals surface area contributed by atoms with Gasteiger partial charge < -0.3 is 14.6 Å². The van der Waals surface area contributed by atoms with Gasteiger partial charge in [-0.2, -0.15) is 0 Å². The van der Waals surface area contributed by atoms with Crippen LogP contribution in [0.3, 0.4) is 0 Å². The molecule has 6 heteroatoms. The molecular weight excluding hydrogens is 294 g/mol. The van der Waals surface area contributed by atoms with Crippen LogP contribution in [0.15, 0.2) is 22.8 Å². The number of hydrogen-bond donors (Lipinski definition) is 1. The van der Waals surface area contributed by atoms with Gasteiger partial charge in [0, 0.05) is 18.1 Å². The number of amides is 3. The van der Waals surface area contributed by atoms with Gasteiger partial charge in [-0.05, 0) is 51.7 Å². The lowest BCUT2D eigenvalue weighted by Gasteiger charge is -2.43. The summed E-state index contributed by atoms with van der Waals surface area (Å²) >= 11 is 0. The van der Waals surface area contributed by atoms with Gasteiger partial charge in [0.2, 0.25) is 0 Å². The maximum absolute atomic E-state index is 13.2. The Bertz CT molecular complexity index is 613. The van der Waals surface area contributed by atoms with E-state index in [1.165, 1.54) is 4.90 Å². The number of nitrogens with zero attached hydrogens (tertiary/aromatic N) is 2. The van der Waals surface area contributed by atoms with E-state index in [0.29, 0.717) is 17.8 Å². The van der Waals surface area contributed by atoms with Crippen molar-refractivity contribution in [3.05, 3.63) is 24.2 Å². The molecule has 3 amide bonds. The number of furan rings is 1. The van der Waals surface area contributed by atoms with E-state index in [0.717, 1.165) is 25.7 Å². The molecule has 1 spiro atoms. The quantitative estimate of drug-likeness (QED) is 0.867. The molecule has 0 aliphatic carbocycles. The number of piperidine rings is 1. The van der Waals surface area contributed by atoms with Gasteiger partial charge in [-0.3, -0.25) is 9.69 Å². The number of carbonyl (C=O) groups excluding carboxylic acids is 2. The molecule has 0 aromatic carbocycles. The molecule has 2 bridgehead atoms. The molecule has 124 valence electrons. The van der Waals surface area contributed by atoms with Crippen LogP contribution in [0.2, 0.25) is 0 Å². The van der Waals surface area contributed by atoms with Crippen molar-refractivity contribution in [3.63, 3.8) is 0 Å². The maximum atomic E-state index is 13.2. The summed E-state index contributed by atoms with van der Waals surface area (Å²) in [6.45, 7) is 4.21. The average Bonchev–Trinajstić information content (AvgIpc) is 3.17. The summed E-state index contributed by atoms with van der Waals surface area (Å²) in [6, 6.07) is 4.09. The third kappa shape index (κ3) is 2.11. The van der Waals surface area contributed by atoms with Crippen molar-refractivity contribution in [2.24, 2.45) is 0 Å². The molecule has 1 aromatic heterocycles. The molecule has 1 N–H and O–H groups in total. The highest BCUT2D eigenvalue weighted by Gasteiger charge is 2.61. The normalized spacial score (nSPS) is 33.5. The molecule has 4 rings (SSSR count). The second-order valence-corrected chi connectivity index (χ2v) is 7.29. The highest BCUT2D eigenvalue weighted by atomic mass is 16.3. The van der Waals surface area contributed by atoms with Crippen LogP contribution in [0.5, 0.6) is 0 Å². The Hall–Kier alpha value is -1.82. The number of rotatable bonds is 3. The fraction of sp³-hybridized carbons (Fsp3) is 0.647. The Morgan fingerprint density at radius 3 is 2.57 bits per heavy atom. The van der Waals surface area contributed by atoms with Crippen LogP contribution in [0.1, 0.15) is 45.3 Å². The summed E-state index contributed by atoms with van der Waals surface area (Å²) in [7, 11) is 0. The second kappa shape index (κ2) is 5.09. The van der Waals surface area contributed by atoms with Gasteiger partial charge in [0.25, 0.3) is 5.91 Å². The molecule has 3 aliphatic heterocycles. The lowest BCUT2D eigenvalue weighted by Crippen LogP contribution is -2.60. The molecule has 3 saturated heterocycles. The van der Waals surface area contributed by atoms with E-state index in [1.54, 1.807) is 18.4 Å². The maximum Gasteiger partial charge on any atom is 0.328 e. The summed E-state index contributed by atoms with van der Waals surface area (Å²) in [5, 5.41) is 3.57. The Morgan fingerprint density at radius 1 is 1.30 bits per heavy atom. The van der Waals surface area contributed by atoms with Crippen molar-refractivity contribution in [1.29, 1.82) is 0 Å². The monoisotopic (exact) mass is 317 g/mol. The molecule has 4 heterocycles. The van der Waals surface area contributed by atoms with Crippen LogP contribution in [0, 0.1) is 0 Å². The van der Waals surface area contributed by atoms with E-state index in [-0.39, 0.29) is 24.5 Å². The van der Waals surface area contributed by atoms with E-state index < -0.39 is 5.54 Å². The predicted octanol–water partition coefficient (Wildman–Crippen LogP) is 2.11. The van der Waals surface area contributed by atoms with Crippen molar-refractivity contribution in [1.82, 2.24) is 15.1 Å². The third-order valence-electron chi connectivity index (χ3n) is 5.45. The number of carbonyl (C=O) groups is 2. The first-order valence-electron chi connectivity index (χ1n) is 8.45. The van der Waals surface area contributed by atoms with Crippen LogP contribution in [-0.4, -0.2) is 45.4 Å². The Labute approximate surface area is 135 Å². The predicted molar refractivity (Wildman–Crippen MR) is 83.5 cm³/mol. The van der Waals surface area contributed by atoms with Gasteiger partial charge in [0.15, 0.2) is 0 Å². The number of fused-ring (bicyclic) bond motifs is 2. The zero-order valence-electron chi connectivity index (χ0n) is 13.6. The van der Waals surface area contributed by atoms with Crippen molar-refractivity contribution in [2.45, 2.75) is 69.7 Å². The summed E-state index contributed by atoms with van der Waals surface area (Å²) in [5.41, 5.74) is -0.672. The van der Waals surface area contributed by atoms with Crippen LogP contribution in [0.25, 0.3) is 0 Å². The molecule has 3 aliphatic rings. The van der Waals surface area contributed by atoms with E-state index in [4.69, 9.17) is 4.42 Å². The number of imide groups is 1. The van der Waals surface area contributed by atoms with E-state index in [1.807, 2.05) is 18.7 Å². The Kier molecular flexibility index (Phi) is 3.27. The SMILES string of the molecule is CC(C)N1C(=O)N(Cc2ccco2)C(=O)C12CC1CCC(C2)N1. The van der Waals surface area contributed by atoms with Crippen LogP contribution in [0.4, 0.5) is 4.79 Å². The molecule has 0 radical (unpaired) electrons. The van der Waals surface area contributed by atoms with Crippen LogP contribution >= 0.6 is 0 Å². The third-order valence-corrected chi connectivity index (χ3v) is 5.45. The van der Waals surface area contributed by atoms with Gasteiger partial charge in [-0.15, -0.1) is 0 Å². The fourth-order valence-corrected chi connectivity index (χ4v) is 4.66. The van der Waals surface area contributed by atoms with Crippen molar-refractivity contribution >= 4 is 11.9 Å². The van der Waals surface area contributed by atoms with Gasteiger partial charge in [0.05, 0.1) is 12.8 Å². The van der Waals surface area contributed by atoms with Crippen LogP contribution in [-0.2, 0) is 11.3 Å². The second-order valence-electron chi connectivity index (χ2n) is 7.29. The average molecular weight is 317 g/mol. The van der Waals surface area contributed by atoms with Crippen molar-refractivity contribution in [2.75, 3.05) is 0 Å². The molecule has 2 unspecified atom stereocenters. The molecular formula is C17H23N3O3. The lowest BCUT2D eigenvalue weighted by atomic mass is 9.82. The highest BCUT2D eigenvalue weighted by molar-refractivity contribution is 6.07. The van der Waals surface area contributed by atoms with Crippen molar-refractivity contribution < 1.29 is 14.0 Å². The number of urea groups is 1. The molecule has 23 heavy (non-hydrogen) atoms. The van der Waals surface area contributed by atoms with Gasteiger partial charge in [-0.25, -0.2) is 4.79 Å². The smallest absolute Gasteiger partial charge is 0.328 e. The minimum absolute atomic E-state index is 0.00514. The van der Waals surface area contributed by atoms with Crippen molar-refractivity contribution in [3.8, 4) is 0 Å². The minimum Gasteiger partial charge on any atom is -0.467 e. The summed E-state index contributed by atoms with van der Waals surface area (Å²) < 4.78 is 5.34. The lowest BCUT2D eigenvalue weighted by molar-refractivity contribution is -0.136. The molecule has 1 aromatic rings. The molecule has 6 nitrogen and oxygen atoms in total. The zero-order valence-corrected chi connectivity index (χ0v) is 13.6. The van der Waals surface area contributed by atoms with Gasteiger partial charge in [-0.1, -0.05) is 0 Å². The largest absolute Gasteiger partial charge is 0.467 e. The minimum atomic E-state index is -0.672. The number of nitrogens with one attached hydrogen (secondary N) is 1. The zero-order chi connectivity index (χ0) is 16.2. The molecule has 3 fully saturated rings. The van der Waals surface area contributed by atoms with E-state index in [9.17, 15) is 9.59 Å². The Morgan fingerprint density at radius 2 is 2.00 bits per heavy atom. The summed E-state index contributed by atoms with van der Waals surface area (Å²) in [5.74, 6) is 0.593. The van der Waals surface area contributed by atoms with Crippen LogP contribution < -0.4 is 5.32 Å². The van der Waals surface area contributed by atoms with Gasteiger partial charge in [0.1, 0.15) is 11.3 Å². The standard InChI is InChI=1S/C17H23N3O3/c1-11(2)20-16(22)19(10-14-4-3-7-23-14)15(21)17(20)8-12-5-6-13(9-17)18-12/h3-4,7,11-13,18H,5-6,8-10H2,1-2H3. The van der Waals surface area contributed by atoms with E-state index >= 15 is 0 Å². The first-order valence-corrected chi connectivity index (χ1v) is 8.45. The molecule has 2 atom stereocenters. The topological polar surface area (TPSA) is 65.8 Å². The summed E-state index contributed by atoms with van der Waals surface area (Å²) in [4.78, 5) is 29.4.